The number of furan rings is 1. The second kappa shape index (κ2) is 2.90. The van der Waals surface area contributed by atoms with E-state index in [1.807, 2.05) is 13.2 Å². The summed E-state index contributed by atoms with van der Waals surface area (Å²) in [5.74, 6) is 0.341. The highest BCUT2D eigenvalue weighted by atomic mass is 16.3. The van der Waals surface area contributed by atoms with Crippen molar-refractivity contribution in [1.82, 2.24) is 9.78 Å². The van der Waals surface area contributed by atoms with Crippen LogP contribution < -0.4 is 0 Å². The van der Waals surface area contributed by atoms with Gasteiger partial charge in [0.2, 0.25) is 0 Å². The molecule has 0 saturated carbocycles. The summed E-state index contributed by atoms with van der Waals surface area (Å²) < 4.78 is 6.65. The van der Waals surface area contributed by atoms with E-state index < -0.39 is 0 Å². The molecule has 4 heteroatoms. The lowest BCUT2D eigenvalue weighted by Crippen LogP contribution is -1.84. The zero-order valence-corrected chi connectivity index (χ0v) is 7.10. The molecule has 13 heavy (non-hydrogen) atoms. The van der Waals surface area contributed by atoms with Gasteiger partial charge in [-0.25, -0.2) is 0 Å². The molecule has 0 N–H and O–H groups in total. The van der Waals surface area contributed by atoms with Gasteiger partial charge in [-0.3, -0.25) is 9.48 Å². The van der Waals surface area contributed by atoms with E-state index in [4.69, 9.17) is 4.42 Å². The molecule has 0 aliphatic rings. The van der Waals surface area contributed by atoms with Gasteiger partial charge in [-0.2, -0.15) is 5.10 Å². The molecule has 66 valence electrons. The van der Waals surface area contributed by atoms with Gasteiger partial charge < -0.3 is 4.42 Å². The minimum absolute atomic E-state index is 0.341. The Hall–Kier alpha value is -1.84. The minimum Gasteiger partial charge on any atom is -0.461 e. The van der Waals surface area contributed by atoms with Crippen LogP contribution >= 0.6 is 0 Å². The van der Waals surface area contributed by atoms with Crippen LogP contribution in [0.25, 0.3) is 11.1 Å². The van der Waals surface area contributed by atoms with Crippen LogP contribution in [-0.4, -0.2) is 16.1 Å². The molecule has 0 aliphatic carbocycles. The first kappa shape index (κ1) is 7.79. The lowest BCUT2D eigenvalue weighted by atomic mass is 10.1. The van der Waals surface area contributed by atoms with E-state index in [-0.39, 0.29) is 0 Å². The SMILES string of the molecule is Cn1cc(-c2ccoc2C=O)cn1. The Morgan fingerprint density at radius 1 is 1.62 bits per heavy atom. The normalized spacial score (nSPS) is 10.2. The number of carbonyl (C=O) groups excluding carboxylic acids is 1. The molecular formula is C9H8N2O2. The fraction of sp³-hybridized carbons (Fsp3) is 0.111. The Morgan fingerprint density at radius 3 is 3.08 bits per heavy atom. The number of hydrogen-bond acceptors (Lipinski definition) is 3. The van der Waals surface area contributed by atoms with Crippen molar-refractivity contribution >= 4 is 6.29 Å². The summed E-state index contributed by atoms with van der Waals surface area (Å²) in [6.07, 6.45) is 5.71. The van der Waals surface area contributed by atoms with Gasteiger partial charge >= 0.3 is 0 Å². The predicted molar refractivity (Wildman–Crippen MR) is 46.3 cm³/mol. The van der Waals surface area contributed by atoms with E-state index in [1.54, 1.807) is 16.9 Å². The molecule has 0 saturated heterocycles. The summed E-state index contributed by atoms with van der Waals surface area (Å²) in [5.41, 5.74) is 1.67. The average Bonchev–Trinajstić information content (AvgIpc) is 2.71. The van der Waals surface area contributed by atoms with Crippen molar-refractivity contribution in [2.24, 2.45) is 7.05 Å². The number of aryl methyl sites for hydroxylation is 1. The van der Waals surface area contributed by atoms with E-state index >= 15 is 0 Å². The van der Waals surface area contributed by atoms with Crippen molar-refractivity contribution < 1.29 is 9.21 Å². The van der Waals surface area contributed by atoms with E-state index in [2.05, 4.69) is 5.10 Å². The molecular weight excluding hydrogens is 168 g/mol. The highest BCUT2D eigenvalue weighted by Crippen LogP contribution is 2.22. The van der Waals surface area contributed by atoms with E-state index in [1.165, 1.54) is 6.26 Å². The van der Waals surface area contributed by atoms with Crippen molar-refractivity contribution in [3.8, 4) is 11.1 Å². The molecule has 0 bridgehead atoms. The maximum Gasteiger partial charge on any atom is 0.185 e. The maximum atomic E-state index is 10.5. The van der Waals surface area contributed by atoms with Crippen LogP contribution in [0.4, 0.5) is 0 Å². The molecule has 2 aromatic heterocycles. The van der Waals surface area contributed by atoms with Crippen molar-refractivity contribution in [2.75, 3.05) is 0 Å². The number of hydrogen-bond donors (Lipinski definition) is 0. The van der Waals surface area contributed by atoms with Gasteiger partial charge in [0, 0.05) is 24.4 Å². The van der Waals surface area contributed by atoms with Gasteiger partial charge in [-0.1, -0.05) is 0 Å². The van der Waals surface area contributed by atoms with E-state index in [9.17, 15) is 4.79 Å². The first-order valence-corrected chi connectivity index (χ1v) is 3.83. The van der Waals surface area contributed by atoms with Gasteiger partial charge in [-0.05, 0) is 6.07 Å². The van der Waals surface area contributed by atoms with Gasteiger partial charge in [0.1, 0.15) is 0 Å². The van der Waals surface area contributed by atoms with Gasteiger partial charge in [0.15, 0.2) is 12.0 Å². The molecule has 2 aromatic rings. The van der Waals surface area contributed by atoms with Crippen LogP contribution in [0.3, 0.4) is 0 Å². The molecule has 2 heterocycles. The summed E-state index contributed by atoms with van der Waals surface area (Å²) in [6, 6.07) is 1.75. The Labute approximate surface area is 74.8 Å². The zero-order valence-electron chi connectivity index (χ0n) is 7.10. The highest BCUT2D eigenvalue weighted by molar-refractivity contribution is 5.83. The largest absolute Gasteiger partial charge is 0.461 e. The molecule has 4 nitrogen and oxygen atoms in total. The Balaban J connectivity index is 2.51. The van der Waals surface area contributed by atoms with Crippen molar-refractivity contribution in [2.45, 2.75) is 0 Å². The number of aldehydes is 1. The first-order chi connectivity index (χ1) is 6.31. The van der Waals surface area contributed by atoms with Crippen LogP contribution in [0.5, 0.6) is 0 Å². The second-order valence-corrected chi connectivity index (χ2v) is 2.72. The van der Waals surface area contributed by atoms with Crippen LogP contribution in [0, 0.1) is 0 Å². The Morgan fingerprint density at radius 2 is 2.46 bits per heavy atom. The second-order valence-electron chi connectivity index (χ2n) is 2.72. The Bertz CT molecular complexity index is 428. The molecule has 0 amide bonds. The molecule has 0 unspecified atom stereocenters. The van der Waals surface area contributed by atoms with Crippen LogP contribution in [-0.2, 0) is 7.05 Å². The summed E-state index contributed by atoms with van der Waals surface area (Å²) in [6.45, 7) is 0. The van der Waals surface area contributed by atoms with E-state index in [0.717, 1.165) is 11.1 Å². The lowest BCUT2D eigenvalue weighted by molar-refractivity contribution is 0.110. The fourth-order valence-electron chi connectivity index (χ4n) is 1.21. The number of aromatic nitrogens is 2. The van der Waals surface area contributed by atoms with Crippen LogP contribution in [0.1, 0.15) is 10.6 Å². The zero-order chi connectivity index (χ0) is 9.26. The smallest absolute Gasteiger partial charge is 0.185 e. The molecule has 0 atom stereocenters. The standard InChI is InChI=1S/C9H8N2O2/c1-11-5-7(4-10-11)8-2-3-13-9(8)6-12/h2-6H,1H3. The molecule has 0 aliphatic heterocycles. The van der Waals surface area contributed by atoms with Crippen molar-refractivity contribution in [3.63, 3.8) is 0 Å². The monoisotopic (exact) mass is 176 g/mol. The number of rotatable bonds is 2. The predicted octanol–water partition coefficient (Wildman–Crippen LogP) is 1.49. The third kappa shape index (κ3) is 1.26. The number of carbonyl (C=O) groups is 1. The molecule has 0 radical (unpaired) electrons. The minimum atomic E-state index is 0.341. The maximum absolute atomic E-state index is 10.5. The van der Waals surface area contributed by atoms with Gasteiger partial charge in [0.05, 0.1) is 12.5 Å². The van der Waals surface area contributed by atoms with Gasteiger partial charge in [0.25, 0.3) is 0 Å². The van der Waals surface area contributed by atoms with Crippen molar-refractivity contribution in [1.29, 1.82) is 0 Å². The van der Waals surface area contributed by atoms with Crippen molar-refractivity contribution in [3.05, 3.63) is 30.5 Å². The van der Waals surface area contributed by atoms with Crippen LogP contribution in [0.15, 0.2) is 29.1 Å². The van der Waals surface area contributed by atoms with Crippen LogP contribution in [0.2, 0.25) is 0 Å². The topological polar surface area (TPSA) is 48.0 Å². The molecule has 0 aromatic carbocycles. The summed E-state index contributed by atoms with van der Waals surface area (Å²) in [4.78, 5) is 10.5. The Kier molecular flexibility index (Phi) is 1.73. The average molecular weight is 176 g/mol. The third-order valence-corrected chi connectivity index (χ3v) is 1.82. The first-order valence-electron chi connectivity index (χ1n) is 3.83. The molecule has 2 rings (SSSR count). The molecule has 0 fully saturated rings. The summed E-state index contributed by atoms with van der Waals surface area (Å²) >= 11 is 0. The fourth-order valence-corrected chi connectivity index (χ4v) is 1.21. The van der Waals surface area contributed by atoms with E-state index in [0.29, 0.717) is 12.0 Å². The molecule has 0 spiro atoms. The number of nitrogens with zero attached hydrogens (tertiary/aromatic N) is 2. The van der Waals surface area contributed by atoms with Gasteiger partial charge in [-0.15, -0.1) is 0 Å². The summed E-state index contributed by atoms with van der Waals surface area (Å²) in [5, 5.41) is 4.01. The third-order valence-electron chi connectivity index (χ3n) is 1.82. The lowest BCUT2D eigenvalue weighted by Gasteiger charge is -1.89. The summed E-state index contributed by atoms with van der Waals surface area (Å²) in [7, 11) is 1.82. The quantitative estimate of drug-likeness (QED) is 0.651. The highest BCUT2D eigenvalue weighted by Gasteiger charge is 2.08.